The highest BCUT2D eigenvalue weighted by molar-refractivity contribution is 5.99. The van der Waals surface area contributed by atoms with Crippen molar-refractivity contribution in [2.45, 2.75) is 39.2 Å². The Morgan fingerprint density at radius 1 is 1.22 bits per heavy atom. The van der Waals surface area contributed by atoms with Gasteiger partial charge in [0.2, 0.25) is 0 Å². The first-order chi connectivity index (χ1) is 10.7. The van der Waals surface area contributed by atoms with Gasteiger partial charge in [-0.3, -0.25) is 9.69 Å². The smallest absolute Gasteiger partial charge is 0.338 e. The lowest BCUT2D eigenvalue weighted by atomic mass is 9.87. The molecule has 1 saturated heterocycles. The predicted octanol–water partition coefficient (Wildman–Crippen LogP) is 2.08. The molecule has 1 aliphatic rings. The van der Waals surface area contributed by atoms with Gasteiger partial charge in [-0.2, -0.15) is 0 Å². The molecule has 0 saturated carbocycles. The lowest BCUT2D eigenvalue weighted by molar-refractivity contribution is -0.136. The third-order valence-corrected chi connectivity index (χ3v) is 3.74. The third-order valence-electron chi connectivity index (χ3n) is 3.74. The first-order valence-corrected chi connectivity index (χ1v) is 7.61. The zero-order chi connectivity index (χ0) is 17.2. The number of benzene rings is 1. The van der Waals surface area contributed by atoms with E-state index in [1.165, 1.54) is 6.92 Å². The van der Waals surface area contributed by atoms with Crippen molar-refractivity contribution in [1.82, 2.24) is 10.2 Å². The summed E-state index contributed by atoms with van der Waals surface area (Å²) in [5.41, 5.74) is 1.48. The zero-order valence-electron chi connectivity index (χ0n) is 13.9. The SMILES string of the molecule is CC(OC(=O)c1ccc(C(C)(C)C)cc1)C(=O)N1CCNC1=O. The van der Waals surface area contributed by atoms with Gasteiger partial charge in [0.15, 0.2) is 6.10 Å². The highest BCUT2D eigenvalue weighted by Gasteiger charge is 2.31. The van der Waals surface area contributed by atoms with Gasteiger partial charge in [0, 0.05) is 13.1 Å². The van der Waals surface area contributed by atoms with Gasteiger partial charge in [-0.1, -0.05) is 32.9 Å². The van der Waals surface area contributed by atoms with Crippen molar-refractivity contribution in [2.24, 2.45) is 0 Å². The molecule has 0 spiro atoms. The highest BCUT2D eigenvalue weighted by atomic mass is 16.5. The molecule has 0 radical (unpaired) electrons. The monoisotopic (exact) mass is 318 g/mol. The van der Waals surface area contributed by atoms with Crippen LogP contribution in [0, 0.1) is 0 Å². The summed E-state index contributed by atoms with van der Waals surface area (Å²) in [6.07, 6.45) is -1.01. The number of nitrogens with zero attached hydrogens (tertiary/aromatic N) is 1. The van der Waals surface area contributed by atoms with Crippen LogP contribution >= 0.6 is 0 Å². The molecule has 1 unspecified atom stereocenters. The van der Waals surface area contributed by atoms with Crippen molar-refractivity contribution in [1.29, 1.82) is 0 Å². The van der Waals surface area contributed by atoms with Crippen molar-refractivity contribution < 1.29 is 19.1 Å². The topological polar surface area (TPSA) is 75.7 Å². The number of amides is 3. The minimum Gasteiger partial charge on any atom is -0.449 e. The van der Waals surface area contributed by atoms with Gasteiger partial charge in [-0.25, -0.2) is 9.59 Å². The second-order valence-corrected chi connectivity index (χ2v) is 6.60. The molecule has 1 aromatic rings. The first-order valence-electron chi connectivity index (χ1n) is 7.61. The molecule has 0 aromatic heterocycles. The van der Waals surface area contributed by atoms with Crippen LogP contribution in [0.2, 0.25) is 0 Å². The summed E-state index contributed by atoms with van der Waals surface area (Å²) in [5, 5.41) is 2.54. The molecule has 6 nitrogen and oxygen atoms in total. The first kappa shape index (κ1) is 17.0. The molecule has 1 atom stereocenters. The molecule has 23 heavy (non-hydrogen) atoms. The summed E-state index contributed by atoms with van der Waals surface area (Å²) in [7, 11) is 0. The minimum absolute atomic E-state index is 0.00515. The van der Waals surface area contributed by atoms with Gasteiger partial charge in [0.1, 0.15) is 0 Å². The number of hydrogen-bond acceptors (Lipinski definition) is 4. The molecule has 2 rings (SSSR count). The summed E-state index contributed by atoms with van der Waals surface area (Å²) in [6, 6.07) is 6.66. The van der Waals surface area contributed by atoms with Crippen molar-refractivity contribution in [2.75, 3.05) is 13.1 Å². The number of esters is 1. The molecule has 124 valence electrons. The number of nitrogens with one attached hydrogen (secondary N) is 1. The molecular formula is C17H22N2O4. The maximum atomic E-state index is 12.1. The van der Waals surface area contributed by atoms with Crippen molar-refractivity contribution in [3.63, 3.8) is 0 Å². The maximum Gasteiger partial charge on any atom is 0.338 e. The zero-order valence-corrected chi connectivity index (χ0v) is 13.9. The summed E-state index contributed by atoms with van der Waals surface area (Å²) in [5.74, 6) is -1.09. The maximum absolute atomic E-state index is 12.1. The minimum atomic E-state index is -1.01. The summed E-state index contributed by atoms with van der Waals surface area (Å²) < 4.78 is 5.17. The number of carbonyl (C=O) groups is 3. The largest absolute Gasteiger partial charge is 0.449 e. The van der Waals surface area contributed by atoms with Crippen molar-refractivity contribution in [3.05, 3.63) is 35.4 Å². The van der Waals surface area contributed by atoms with E-state index in [2.05, 4.69) is 26.1 Å². The van der Waals surface area contributed by atoms with Crippen LogP contribution in [0.15, 0.2) is 24.3 Å². The molecule has 0 bridgehead atoms. The van der Waals surface area contributed by atoms with Crippen LogP contribution < -0.4 is 5.32 Å². The second kappa shape index (κ2) is 6.40. The Hall–Kier alpha value is -2.37. The Kier molecular flexibility index (Phi) is 4.73. The number of ether oxygens (including phenoxy) is 1. The van der Waals surface area contributed by atoms with Crippen LogP contribution in [-0.2, 0) is 14.9 Å². The van der Waals surface area contributed by atoms with Crippen LogP contribution in [-0.4, -0.2) is 42.0 Å². The fourth-order valence-electron chi connectivity index (χ4n) is 2.29. The van der Waals surface area contributed by atoms with Gasteiger partial charge in [0.05, 0.1) is 5.56 Å². The molecule has 1 aromatic carbocycles. The van der Waals surface area contributed by atoms with E-state index in [-0.39, 0.29) is 5.41 Å². The van der Waals surface area contributed by atoms with Crippen LogP contribution in [0.3, 0.4) is 0 Å². The van der Waals surface area contributed by atoms with Crippen LogP contribution in [0.5, 0.6) is 0 Å². The molecule has 1 N–H and O–H groups in total. The molecule has 1 heterocycles. The van der Waals surface area contributed by atoms with E-state index >= 15 is 0 Å². The van der Waals surface area contributed by atoms with Gasteiger partial charge in [-0.15, -0.1) is 0 Å². The normalized spacial score (nSPS) is 16.0. The Balaban J connectivity index is 2.01. The van der Waals surface area contributed by atoms with E-state index in [0.29, 0.717) is 18.7 Å². The molecule has 1 fully saturated rings. The molecule has 6 heteroatoms. The van der Waals surface area contributed by atoms with E-state index in [1.54, 1.807) is 12.1 Å². The fraction of sp³-hybridized carbons (Fsp3) is 0.471. The standard InChI is InChI=1S/C17H22N2O4/c1-11(14(20)19-10-9-18-16(19)22)23-15(21)12-5-7-13(8-6-12)17(2,3)4/h5-8,11H,9-10H2,1-4H3,(H,18,22). The number of rotatable bonds is 3. The Morgan fingerprint density at radius 2 is 1.83 bits per heavy atom. The average molecular weight is 318 g/mol. The Morgan fingerprint density at radius 3 is 2.30 bits per heavy atom. The summed E-state index contributed by atoms with van der Waals surface area (Å²) in [6.45, 7) is 8.43. The van der Waals surface area contributed by atoms with Gasteiger partial charge in [-0.05, 0) is 30.0 Å². The quantitative estimate of drug-likeness (QED) is 0.866. The van der Waals surface area contributed by atoms with Gasteiger partial charge in [0.25, 0.3) is 5.91 Å². The highest BCUT2D eigenvalue weighted by Crippen LogP contribution is 2.22. The predicted molar refractivity (Wildman–Crippen MR) is 85.1 cm³/mol. The van der Waals surface area contributed by atoms with E-state index in [0.717, 1.165) is 10.5 Å². The third kappa shape index (κ3) is 3.88. The van der Waals surface area contributed by atoms with Crippen LogP contribution in [0.25, 0.3) is 0 Å². The van der Waals surface area contributed by atoms with Crippen molar-refractivity contribution in [3.8, 4) is 0 Å². The summed E-state index contributed by atoms with van der Waals surface area (Å²) in [4.78, 5) is 36.7. The number of imide groups is 1. The van der Waals surface area contributed by atoms with Gasteiger partial charge >= 0.3 is 12.0 Å². The molecule has 0 aliphatic carbocycles. The van der Waals surface area contributed by atoms with E-state index in [9.17, 15) is 14.4 Å². The molecular weight excluding hydrogens is 296 g/mol. The Bertz CT molecular complexity index is 616. The molecule has 1 aliphatic heterocycles. The Labute approximate surface area is 135 Å². The lowest BCUT2D eigenvalue weighted by Gasteiger charge is -2.20. The number of hydrogen-bond donors (Lipinski definition) is 1. The van der Waals surface area contributed by atoms with E-state index in [4.69, 9.17) is 4.74 Å². The number of carbonyl (C=O) groups excluding carboxylic acids is 3. The summed E-state index contributed by atoms with van der Waals surface area (Å²) >= 11 is 0. The number of urea groups is 1. The van der Waals surface area contributed by atoms with E-state index in [1.807, 2.05) is 12.1 Å². The van der Waals surface area contributed by atoms with Crippen LogP contribution in [0.4, 0.5) is 4.79 Å². The second-order valence-electron chi connectivity index (χ2n) is 6.60. The van der Waals surface area contributed by atoms with Crippen LogP contribution in [0.1, 0.15) is 43.6 Å². The van der Waals surface area contributed by atoms with E-state index < -0.39 is 24.0 Å². The van der Waals surface area contributed by atoms with Gasteiger partial charge < -0.3 is 10.1 Å². The lowest BCUT2D eigenvalue weighted by Crippen LogP contribution is -2.41. The van der Waals surface area contributed by atoms with Crippen molar-refractivity contribution >= 4 is 17.9 Å². The average Bonchev–Trinajstić information content (AvgIpc) is 2.91. The fourth-order valence-corrected chi connectivity index (χ4v) is 2.29. The molecule has 3 amide bonds.